The van der Waals surface area contributed by atoms with Crippen molar-refractivity contribution in [3.63, 3.8) is 0 Å². The lowest BCUT2D eigenvalue weighted by Crippen LogP contribution is -1.98. The van der Waals surface area contributed by atoms with Gasteiger partial charge in [0.1, 0.15) is 23.4 Å². The minimum atomic E-state index is -0.659. The summed E-state index contributed by atoms with van der Waals surface area (Å²) in [6.07, 6.45) is 1.38. The molecule has 2 heterocycles. The molecule has 0 unspecified atom stereocenters. The number of hydrogen-bond acceptors (Lipinski definition) is 4. The van der Waals surface area contributed by atoms with E-state index in [-0.39, 0.29) is 23.7 Å². The van der Waals surface area contributed by atoms with Crippen LogP contribution >= 0.6 is 0 Å². The number of halogens is 2. The highest BCUT2D eigenvalue weighted by Crippen LogP contribution is 2.19. The Balaban J connectivity index is 1.87. The Morgan fingerprint density at radius 2 is 2.05 bits per heavy atom. The van der Waals surface area contributed by atoms with Gasteiger partial charge in [-0.05, 0) is 18.2 Å². The van der Waals surface area contributed by atoms with E-state index >= 15 is 0 Å². The summed E-state index contributed by atoms with van der Waals surface area (Å²) in [6, 6.07) is 7.13. The lowest BCUT2D eigenvalue weighted by Gasteiger charge is -2.00. The van der Waals surface area contributed by atoms with Gasteiger partial charge in [-0.2, -0.15) is 10.2 Å². The third-order valence-corrected chi connectivity index (χ3v) is 2.91. The first kappa shape index (κ1) is 13.0. The zero-order chi connectivity index (χ0) is 14.8. The van der Waals surface area contributed by atoms with Crippen LogP contribution in [0.5, 0.6) is 0 Å². The van der Waals surface area contributed by atoms with Crippen molar-refractivity contribution in [2.75, 3.05) is 0 Å². The van der Waals surface area contributed by atoms with E-state index in [0.29, 0.717) is 11.3 Å². The Bertz CT molecular complexity index is 811. The monoisotopic (exact) mass is 286 g/mol. The standard InChI is InChI=1S/C14H8F2N4O/c15-10-2-1-3-11(16)9(10)5-13-19-14(21-20-13)12-4-8(6-17)7-18-12/h1-4,7,18H,5H2. The third-order valence-electron chi connectivity index (χ3n) is 2.91. The van der Waals surface area contributed by atoms with E-state index in [1.165, 1.54) is 24.4 Å². The van der Waals surface area contributed by atoms with E-state index in [1.807, 2.05) is 6.07 Å². The molecular weight excluding hydrogens is 278 g/mol. The minimum absolute atomic E-state index is 0.117. The van der Waals surface area contributed by atoms with Crippen LogP contribution in [-0.4, -0.2) is 15.1 Å². The second-order valence-corrected chi connectivity index (χ2v) is 4.31. The highest BCUT2D eigenvalue weighted by Gasteiger charge is 2.15. The molecule has 104 valence electrons. The summed E-state index contributed by atoms with van der Waals surface area (Å²) in [6.45, 7) is 0. The van der Waals surface area contributed by atoms with Crippen molar-refractivity contribution >= 4 is 0 Å². The summed E-state index contributed by atoms with van der Waals surface area (Å²) in [7, 11) is 0. The maximum atomic E-state index is 13.5. The molecule has 0 atom stereocenters. The second kappa shape index (κ2) is 5.17. The van der Waals surface area contributed by atoms with Crippen molar-refractivity contribution in [1.82, 2.24) is 15.1 Å². The van der Waals surface area contributed by atoms with Gasteiger partial charge >= 0.3 is 0 Å². The van der Waals surface area contributed by atoms with Crippen molar-refractivity contribution in [1.29, 1.82) is 5.26 Å². The maximum absolute atomic E-state index is 13.5. The summed E-state index contributed by atoms with van der Waals surface area (Å²) in [4.78, 5) is 6.86. The van der Waals surface area contributed by atoms with Gasteiger partial charge < -0.3 is 9.51 Å². The van der Waals surface area contributed by atoms with Crippen LogP contribution in [0.2, 0.25) is 0 Å². The first-order valence-corrected chi connectivity index (χ1v) is 6.01. The SMILES string of the molecule is N#Cc1c[nH]c(-c2nc(Cc3c(F)cccc3F)no2)c1. The van der Waals surface area contributed by atoms with Gasteiger partial charge in [0.15, 0.2) is 5.82 Å². The Kier molecular flexibility index (Phi) is 3.20. The van der Waals surface area contributed by atoms with Crippen LogP contribution in [0.4, 0.5) is 8.78 Å². The van der Waals surface area contributed by atoms with Crippen LogP contribution in [0.3, 0.4) is 0 Å². The van der Waals surface area contributed by atoms with E-state index in [0.717, 1.165) is 0 Å². The molecule has 3 aromatic rings. The van der Waals surface area contributed by atoms with Crippen molar-refractivity contribution < 1.29 is 13.3 Å². The molecule has 1 N–H and O–H groups in total. The number of H-pyrrole nitrogens is 1. The summed E-state index contributed by atoms with van der Waals surface area (Å²) < 4.78 is 32.1. The summed E-state index contributed by atoms with van der Waals surface area (Å²) in [5, 5.41) is 12.4. The molecule has 0 saturated heterocycles. The van der Waals surface area contributed by atoms with Gasteiger partial charge in [0.05, 0.1) is 5.56 Å². The number of rotatable bonds is 3. The highest BCUT2D eigenvalue weighted by molar-refractivity contribution is 5.51. The molecule has 7 heteroatoms. The molecular formula is C14H8F2N4O. The van der Waals surface area contributed by atoms with Gasteiger partial charge in [0, 0.05) is 18.2 Å². The van der Waals surface area contributed by atoms with Crippen LogP contribution in [0.1, 0.15) is 17.0 Å². The molecule has 1 aromatic carbocycles. The third kappa shape index (κ3) is 2.51. The predicted octanol–water partition coefficient (Wildman–Crippen LogP) is 2.81. The molecule has 0 amide bonds. The van der Waals surface area contributed by atoms with Gasteiger partial charge in [-0.3, -0.25) is 0 Å². The molecule has 0 aliphatic heterocycles. The Morgan fingerprint density at radius 1 is 1.29 bits per heavy atom. The van der Waals surface area contributed by atoms with E-state index in [1.54, 1.807) is 6.07 Å². The summed E-state index contributed by atoms with van der Waals surface area (Å²) >= 11 is 0. The van der Waals surface area contributed by atoms with E-state index in [9.17, 15) is 8.78 Å². The lowest BCUT2D eigenvalue weighted by atomic mass is 10.1. The molecule has 0 fully saturated rings. The molecule has 0 saturated carbocycles. The summed E-state index contributed by atoms with van der Waals surface area (Å²) in [5.41, 5.74) is 0.776. The van der Waals surface area contributed by atoms with E-state index in [2.05, 4.69) is 15.1 Å². The number of aromatic nitrogens is 3. The first-order valence-electron chi connectivity index (χ1n) is 6.01. The number of aromatic amines is 1. The number of nitriles is 1. The van der Waals surface area contributed by atoms with Gasteiger partial charge in [0.2, 0.25) is 0 Å². The smallest absolute Gasteiger partial charge is 0.274 e. The van der Waals surface area contributed by atoms with Crippen LogP contribution in [0.15, 0.2) is 35.0 Å². The van der Waals surface area contributed by atoms with Crippen molar-refractivity contribution in [3.8, 4) is 17.7 Å². The molecule has 5 nitrogen and oxygen atoms in total. The molecule has 0 bridgehead atoms. The number of benzene rings is 1. The molecule has 3 rings (SSSR count). The van der Waals surface area contributed by atoms with Crippen molar-refractivity contribution in [2.45, 2.75) is 6.42 Å². The van der Waals surface area contributed by atoms with Gasteiger partial charge in [-0.15, -0.1) is 0 Å². The van der Waals surface area contributed by atoms with Crippen molar-refractivity contribution in [2.24, 2.45) is 0 Å². The zero-order valence-electron chi connectivity index (χ0n) is 10.6. The predicted molar refractivity (Wildman–Crippen MR) is 68.0 cm³/mol. The largest absolute Gasteiger partial charge is 0.356 e. The molecule has 0 aliphatic rings. The fraction of sp³-hybridized carbons (Fsp3) is 0.0714. The fourth-order valence-corrected chi connectivity index (χ4v) is 1.88. The van der Waals surface area contributed by atoms with Gasteiger partial charge in [0.25, 0.3) is 5.89 Å². The normalized spacial score (nSPS) is 10.5. The lowest BCUT2D eigenvalue weighted by molar-refractivity contribution is 0.422. The number of hydrogen-bond donors (Lipinski definition) is 1. The molecule has 2 aromatic heterocycles. The highest BCUT2D eigenvalue weighted by atomic mass is 19.1. The van der Waals surface area contributed by atoms with Crippen molar-refractivity contribution in [3.05, 3.63) is 59.0 Å². The van der Waals surface area contributed by atoms with Crippen LogP contribution in [-0.2, 0) is 6.42 Å². The Labute approximate surface area is 117 Å². The molecule has 0 radical (unpaired) electrons. The minimum Gasteiger partial charge on any atom is -0.356 e. The van der Waals surface area contributed by atoms with Gasteiger partial charge in [-0.1, -0.05) is 11.2 Å². The summed E-state index contributed by atoms with van der Waals surface area (Å²) in [5.74, 6) is -1.01. The zero-order valence-corrected chi connectivity index (χ0v) is 10.6. The topological polar surface area (TPSA) is 78.5 Å². The quantitative estimate of drug-likeness (QED) is 0.803. The maximum Gasteiger partial charge on any atom is 0.274 e. The van der Waals surface area contributed by atoms with Crippen LogP contribution in [0, 0.1) is 23.0 Å². The Morgan fingerprint density at radius 3 is 2.71 bits per heavy atom. The second-order valence-electron chi connectivity index (χ2n) is 4.31. The average molecular weight is 286 g/mol. The van der Waals surface area contributed by atoms with E-state index in [4.69, 9.17) is 9.78 Å². The van der Waals surface area contributed by atoms with Crippen LogP contribution in [0.25, 0.3) is 11.6 Å². The van der Waals surface area contributed by atoms with Crippen LogP contribution < -0.4 is 0 Å². The number of nitrogens with one attached hydrogen (secondary N) is 1. The molecule has 0 aliphatic carbocycles. The molecule has 21 heavy (non-hydrogen) atoms. The molecule has 0 spiro atoms. The fourth-order valence-electron chi connectivity index (χ4n) is 1.88. The first-order chi connectivity index (χ1) is 10.2. The number of nitrogens with zero attached hydrogens (tertiary/aromatic N) is 3. The van der Waals surface area contributed by atoms with E-state index < -0.39 is 11.6 Å². The van der Waals surface area contributed by atoms with Gasteiger partial charge in [-0.25, -0.2) is 8.78 Å². The average Bonchev–Trinajstić information content (AvgIpc) is 3.11. The Hall–Kier alpha value is -3.01.